The molecule has 2 heterocycles. The number of anilines is 2. The predicted molar refractivity (Wildman–Crippen MR) is 117 cm³/mol. The van der Waals surface area contributed by atoms with Crippen molar-refractivity contribution in [3.8, 4) is 11.5 Å². The first-order valence-electron chi connectivity index (χ1n) is 9.40. The van der Waals surface area contributed by atoms with Crippen LogP contribution in [0.5, 0.6) is 11.5 Å². The first-order valence-corrected chi connectivity index (χ1v) is 9.78. The average Bonchev–Trinajstić information content (AvgIpc) is 2.77. The molecule has 3 aromatic rings. The van der Waals surface area contributed by atoms with Gasteiger partial charge in [0.05, 0.1) is 25.2 Å². The van der Waals surface area contributed by atoms with Gasteiger partial charge >= 0.3 is 0 Å². The maximum atomic E-state index is 11.1. The van der Waals surface area contributed by atoms with E-state index in [1.54, 1.807) is 26.4 Å². The predicted octanol–water partition coefficient (Wildman–Crippen LogP) is 4.21. The van der Waals surface area contributed by atoms with Gasteiger partial charge < -0.3 is 19.7 Å². The lowest BCUT2D eigenvalue weighted by Crippen LogP contribution is -2.27. The monoisotopic (exact) mass is 441 g/mol. The lowest BCUT2D eigenvalue weighted by molar-refractivity contribution is -0.384. The Morgan fingerprint density at radius 2 is 1.94 bits per heavy atom. The highest BCUT2D eigenvalue weighted by Gasteiger charge is 2.29. The van der Waals surface area contributed by atoms with Gasteiger partial charge in [-0.2, -0.15) is 0 Å². The number of nitro groups is 1. The second-order valence-corrected chi connectivity index (χ2v) is 7.41. The molecule has 2 aromatic carbocycles. The average molecular weight is 442 g/mol. The van der Waals surface area contributed by atoms with E-state index in [1.807, 2.05) is 24.1 Å². The summed E-state index contributed by atoms with van der Waals surface area (Å²) in [6.07, 6.45) is 1.41. The van der Waals surface area contributed by atoms with Gasteiger partial charge in [0, 0.05) is 37.4 Å². The van der Waals surface area contributed by atoms with Gasteiger partial charge in [0.1, 0.15) is 23.5 Å². The molecule has 0 spiro atoms. The molecule has 1 aliphatic heterocycles. The van der Waals surface area contributed by atoms with Crippen LogP contribution in [0.15, 0.2) is 42.7 Å². The number of nitro benzene ring substituents is 1. The Bertz CT molecular complexity index is 1140. The lowest BCUT2D eigenvalue weighted by atomic mass is 9.91. The topological polar surface area (TPSA) is 103 Å². The molecule has 9 nitrogen and oxygen atoms in total. The number of nitrogens with one attached hydrogen (secondary N) is 1. The summed E-state index contributed by atoms with van der Waals surface area (Å²) < 4.78 is 11.2. The standard InChI is InChI=1S/C21H20ClN5O4/c1-26-10-13-8-15(30-2)9-16(31-3)17(13)18(12-4-6-14(7-5-12)27(28)29)25-19-20(22)23-11-24-21(19)26/h4-9,11,18,25H,10H2,1-3H3/t18-/m0/s1. The molecular weight excluding hydrogens is 422 g/mol. The summed E-state index contributed by atoms with van der Waals surface area (Å²) in [6, 6.07) is 9.71. The highest BCUT2D eigenvalue weighted by molar-refractivity contribution is 6.32. The molecule has 4 rings (SSSR count). The molecule has 0 radical (unpaired) electrons. The number of nitrogens with zero attached hydrogens (tertiary/aromatic N) is 4. The summed E-state index contributed by atoms with van der Waals surface area (Å²) in [5.41, 5.74) is 3.20. The van der Waals surface area contributed by atoms with Crippen molar-refractivity contribution in [1.82, 2.24) is 9.97 Å². The van der Waals surface area contributed by atoms with E-state index in [0.717, 1.165) is 16.7 Å². The zero-order valence-electron chi connectivity index (χ0n) is 17.1. The number of non-ortho nitro benzene ring substituents is 1. The quantitative estimate of drug-likeness (QED) is 0.365. The lowest BCUT2D eigenvalue weighted by Gasteiger charge is -2.32. The second-order valence-electron chi connectivity index (χ2n) is 7.05. The van der Waals surface area contributed by atoms with Crippen LogP contribution >= 0.6 is 11.6 Å². The van der Waals surface area contributed by atoms with Crippen LogP contribution in [-0.2, 0) is 6.54 Å². The SMILES string of the molecule is COc1cc2c(c(OC)c1)[C@H](c1ccc([N+](=O)[O-])cc1)Nc1c(Cl)ncnc1N(C)C2. The minimum absolute atomic E-state index is 0.0120. The van der Waals surface area contributed by atoms with Crippen LogP contribution < -0.4 is 19.7 Å². The Morgan fingerprint density at radius 3 is 2.58 bits per heavy atom. The number of benzene rings is 2. The van der Waals surface area contributed by atoms with Crippen LogP contribution in [0.2, 0.25) is 5.15 Å². The van der Waals surface area contributed by atoms with E-state index in [1.165, 1.54) is 18.5 Å². The molecule has 0 saturated carbocycles. The third kappa shape index (κ3) is 3.79. The number of hydrogen-bond donors (Lipinski definition) is 1. The molecule has 0 amide bonds. The van der Waals surface area contributed by atoms with Crippen LogP contribution in [0.3, 0.4) is 0 Å². The van der Waals surface area contributed by atoms with E-state index in [4.69, 9.17) is 21.1 Å². The van der Waals surface area contributed by atoms with Crippen LogP contribution in [-0.4, -0.2) is 36.2 Å². The van der Waals surface area contributed by atoms with Crippen molar-refractivity contribution >= 4 is 28.8 Å². The normalized spacial score (nSPS) is 15.1. The van der Waals surface area contributed by atoms with Crippen molar-refractivity contribution in [1.29, 1.82) is 0 Å². The van der Waals surface area contributed by atoms with Crippen molar-refractivity contribution in [2.45, 2.75) is 12.6 Å². The van der Waals surface area contributed by atoms with Gasteiger partial charge in [-0.05, 0) is 29.3 Å². The van der Waals surface area contributed by atoms with Crippen molar-refractivity contribution < 1.29 is 14.4 Å². The maximum absolute atomic E-state index is 11.1. The van der Waals surface area contributed by atoms with Crippen molar-refractivity contribution in [3.63, 3.8) is 0 Å². The molecular formula is C21H20ClN5O4. The second kappa shape index (κ2) is 8.27. The zero-order valence-corrected chi connectivity index (χ0v) is 17.9. The minimum atomic E-state index is -0.427. The van der Waals surface area contributed by atoms with Crippen LogP contribution in [0.4, 0.5) is 17.2 Å². The summed E-state index contributed by atoms with van der Waals surface area (Å²) in [4.78, 5) is 21.2. The van der Waals surface area contributed by atoms with Crippen LogP contribution in [0, 0.1) is 10.1 Å². The highest BCUT2D eigenvalue weighted by Crippen LogP contribution is 2.43. The summed E-state index contributed by atoms with van der Waals surface area (Å²) in [5.74, 6) is 1.92. The Balaban J connectivity index is 1.95. The summed E-state index contributed by atoms with van der Waals surface area (Å²) >= 11 is 6.42. The van der Waals surface area contributed by atoms with Crippen molar-refractivity contribution in [3.05, 3.63) is 74.7 Å². The number of methoxy groups -OCH3 is 2. The molecule has 1 atom stereocenters. The molecule has 0 fully saturated rings. The van der Waals surface area contributed by atoms with Gasteiger partial charge in [-0.25, -0.2) is 9.97 Å². The summed E-state index contributed by atoms with van der Waals surface area (Å²) in [6.45, 7) is 0.508. The van der Waals surface area contributed by atoms with Gasteiger partial charge in [-0.15, -0.1) is 0 Å². The number of hydrogen-bond acceptors (Lipinski definition) is 8. The molecule has 0 saturated heterocycles. The van der Waals surface area contributed by atoms with E-state index in [9.17, 15) is 10.1 Å². The minimum Gasteiger partial charge on any atom is -0.497 e. The number of halogens is 1. The number of fused-ring (bicyclic) bond motifs is 2. The van der Waals surface area contributed by atoms with Gasteiger partial charge in [0.2, 0.25) is 0 Å². The Morgan fingerprint density at radius 1 is 1.19 bits per heavy atom. The summed E-state index contributed by atoms with van der Waals surface area (Å²) in [5, 5.41) is 14.8. The first kappa shape index (κ1) is 20.7. The van der Waals surface area contributed by atoms with Crippen LogP contribution in [0.1, 0.15) is 22.7 Å². The summed E-state index contributed by atoms with van der Waals surface area (Å²) in [7, 11) is 5.10. The third-order valence-electron chi connectivity index (χ3n) is 5.22. The first-order chi connectivity index (χ1) is 14.9. The van der Waals surface area contributed by atoms with Gasteiger partial charge in [0.25, 0.3) is 5.69 Å². The largest absolute Gasteiger partial charge is 0.497 e. The number of ether oxygens (including phenoxy) is 2. The van der Waals surface area contributed by atoms with E-state index in [2.05, 4.69) is 15.3 Å². The zero-order chi connectivity index (χ0) is 22.1. The molecule has 1 aromatic heterocycles. The maximum Gasteiger partial charge on any atom is 0.269 e. The van der Waals surface area contributed by atoms with E-state index in [0.29, 0.717) is 29.5 Å². The molecule has 10 heteroatoms. The van der Waals surface area contributed by atoms with Crippen molar-refractivity contribution in [2.24, 2.45) is 0 Å². The fourth-order valence-electron chi connectivity index (χ4n) is 3.76. The highest BCUT2D eigenvalue weighted by atomic mass is 35.5. The van der Waals surface area contributed by atoms with E-state index in [-0.39, 0.29) is 10.8 Å². The van der Waals surface area contributed by atoms with Crippen LogP contribution in [0.25, 0.3) is 0 Å². The Kier molecular flexibility index (Phi) is 5.51. The fraction of sp³-hybridized carbons (Fsp3) is 0.238. The third-order valence-corrected chi connectivity index (χ3v) is 5.51. The van der Waals surface area contributed by atoms with E-state index >= 15 is 0 Å². The van der Waals surface area contributed by atoms with Gasteiger partial charge in [0.15, 0.2) is 11.0 Å². The number of aromatic nitrogens is 2. The molecule has 0 aliphatic carbocycles. The van der Waals surface area contributed by atoms with E-state index < -0.39 is 11.0 Å². The smallest absolute Gasteiger partial charge is 0.269 e. The Hall–Kier alpha value is -3.59. The molecule has 1 aliphatic rings. The number of rotatable bonds is 4. The van der Waals surface area contributed by atoms with Gasteiger partial charge in [-0.3, -0.25) is 10.1 Å². The molecule has 160 valence electrons. The molecule has 1 N–H and O–H groups in total. The Labute approximate surface area is 183 Å². The molecule has 0 unspecified atom stereocenters. The molecule has 31 heavy (non-hydrogen) atoms. The molecule has 0 bridgehead atoms. The van der Waals surface area contributed by atoms with Crippen molar-refractivity contribution in [2.75, 3.05) is 31.5 Å². The van der Waals surface area contributed by atoms with Gasteiger partial charge in [-0.1, -0.05) is 11.6 Å². The fourth-order valence-corrected chi connectivity index (χ4v) is 3.94.